The molecule has 118 valence electrons. The number of hydrogen-bond acceptors (Lipinski definition) is 3. The van der Waals surface area contributed by atoms with Crippen molar-refractivity contribution in [2.45, 2.75) is 0 Å². The molecule has 0 spiro atoms. The first-order valence-electron chi connectivity index (χ1n) is 7.02. The second kappa shape index (κ2) is 6.92. The fourth-order valence-corrected chi connectivity index (χ4v) is 2.70. The van der Waals surface area contributed by atoms with Crippen LogP contribution in [0.2, 0.25) is 10.0 Å². The molecule has 0 saturated heterocycles. The Morgan fingerprint density at radius 3 is 2.50 bits per heavy atom. The number of Topliss-reactive ketones (excluding diaryl/α,β-unsaturated/α-hetero) is 1. The van der Waals surface area contributed by atoms with Gasteiger partial charge in [-0.05, 0) is 48.4 Å². The highest BCUT2D eigenvalue weighted by molar-refractivity contribution is 6.34. The largest absolute Gasteiger partial charge is 0.497 e. The molecular formula is C19H11Cl2NO2. The van der Waals surface area contributed by atoms with Crippen molar-refractivity contribution >= 4 is 39.9 Å². The third kappa shape index (κ3) is 3.68. The maximum Gasteiger partial charge on any atom is 0.254 e. The van der Waals surface area contributed by atoms with E-state index in [1.165, 1.54) is 0 Å². The first-order chi connectivity index (χ1) is 11.5. The topological polar surface area (TPSA) is 39.2 Å². The molecule has 1 heterocycles. The number of nitrogens with zero attached hydrogens (tertiary/aromatic N) is 1. The third-order valence-corrected chi connectivity index (χ3v) is 3.75. The lowest BCUT2D eigenvalue weighted by atomic mass is 10.1. The number of ether oxygens (including phenoxy) is 1. The quantitative estimate of drug-likeness (QED) is 0.490. The summed E-state index contributed by atoms with van der Waals surface area (Å²) in [5.41, 5.74) is 1.56. The minimum atomic E-state index is -0.371. The van der Waals surface area contributed by atoms with Gasteiger partial charge in [0, 0.05) is 21.0 Å². The number of halogens is 2. The van der Waals surface area contributed by atoms with Crippen LogP contribution in [0.3, 0.4) is 0 Å². The average molecular weight is 356 g/mol. The molecule has 0 aliphatic rings. The molecule has 24 heavy (non-hydrogen) atoms. The number of ketones is 1. The Hall–Kier alpha value is -2.54. The number of hydrogen-bond donors (Lipinski definition) is 0. The number of fused-ring (bicyclic) bond motifs is 1. The summed E-state index contributed by atoms with van der Waals surface area (Å²) in [6, 6.07) is 13.8. The molecule has 2 aromatic carbocycles. The summed E-state index contributed by atoms with van der Waals surface area (Å²) < 4.78 is 5.17. The molecule has 0 saturated carbocycles. The van der Waals surface area contributed by atoms with E-state index in [0.29, 0.717) is 21.1 Å². The molecule has 0 atom stereocenters. The monoisotopic (exact) mass is 355 g/mol. The highest BCUT2D eigenvalue weighted by Gasteiger charge is 2.06. The van der Waals surface area contributed by atoms with E-state index in [9.17, 15) is 4.79 Å². The molecular weight excluding hydrogens is 345 g/mol. The number of benzene rings is 2. The zero-order valence-electron chi connectivity index (χ0n) is 12.6. The maximum atomic E-state index is 12.2. The van der Waals surface area contributed by atoms with Crippen LogP contribution >= 0.6 is 23.2 Å². The zero-order chi connectivity index (χ0) is 17.1. The molecule has 1 aromatic heterocycles. The molecule has 3 aromatic rings. The van der Waals surface area contributed by atoms with E-state index in [1.54, 1.807) is 43.5 Å². The first-order valence-corrected chi connectivity index (χ1v) is 7.78. The van der Waals surface area contributed by atoms with Gasteiger partial charge in [-0.25, -0.2) is 4.98 Å². The van der Waals surface area contributed by atoms with E-state index in [2.05, 4.69) is 16.8 Å². The van der Waals surface area contributed by atoms with Crippen LogP contribution in [-0.2, 0) is 0 Å². The second-order valence-corrected chi connectivity index (χ2v) is 5.87. The van der Waals surface area contributed by atoms with E-state index in [-0.39, 0.29) is 11.5 Å². The summed E-state index contributed by atoms with van der Waals surface area (Å²) in [6.45, 7) is 0. The van der Waals surface area contributed by atoms with Gasteiger partial charge in [0.1, 0.15) is 11.4 Å². The predicted octanol–water partition coefficient (Wildman–Crippen LogP) is 4.78. The minimum Gasteiger partial charge on any atom is -0.497 e. The lowest BCUT2D eigenvalue weighted by Gasteiger charge is -2.02. The van der Waals surface area contributed by atoms with Crippen molar-refractivity contribution in [3.05, 3.63) is 69.8 Å². The predicted molar refractivity (Wildman–Crippen MR) is 96.0 cm³/mol. The van der Waals surface area contributed by atoms with Crippen molar-refractivity contribution in [1.82, 2.24) is 4.98 Å². The van der Waals surface area contributed by atoms with Crippen LogP contribution < -0.4 is 4.74 Å². The molecule has 0 unspecified atom stereocenters. The minimum absolute atomic E-state index is 0.285. The molecule has 0 bridgehead atoms. The standard InChI is InChI=1S/C19H11Cl2NO2/c1-24-16-4-6-17-13(10-16)3-5-18(22-17)19(23)7-2-12-8-14(20)11-15(21)9-12/h3-6,8-11H,1H3. The number of pyridine rings is 1. The molecule has 0 radical (unpaired) electrons. The van der Waals surface area contributed by atoms with Crippen LogP contribution in [0.15, 0.2) is 48.5 Å². The van der Waals surface area contributed by atoms with Gasteiger partial charge in [0.2, 0.25) is 0 Å². The van der Waals surface area contributed by atoms with Gasteiger partial charge in [0.15, 0.2) is 0 Å². The summed E-state index contributed by atoms with van der Waals surface area (Å²) in [5, 5.41) is 1.83. The summed E-state index contributed by atoms with van der Waals surface area (Å²) in [7, 11) is 1.60. The molecule has 0 amide bonds. The van der Waals surface area contributed by atoms with Gasteiger partial charge in [-0.3, -0.25) is 4.79 Å². The maximum absolute atomic E-state index is 12.2. The van der Waals surface area contributed by atoms with Gasteiger partial charge in [0.05, 0.1) is 12.6 Å². The van der Waals surface area contributed by atoms with Gasteiger partial charge in [-0.15, -0.1) is 0 Å². The van der Waals surface area contributed by atoms with Crippen molar-refractivity contribution in [2.24, 2.45) is 0 Å². The molecule has 0 N–H and O–H groups in total. The molecule has 5 heteroatoms. The Morgan fingerprint density at radius 1 is 1.04 bits per heavy atom. The summed E-state index contributed by atoms with van der Waals surface area (Å²) in [6.07, 6.45) is 0. The highest BCUT2D eigenvalue weighted by Crippen LogP contribution is 2.20. The van der Waals surface area contributed by atoms with Crippen LogP contribution in [0.1, 0.15) is 16.1 Å². The van der Waals surface area contributed by atoms with Crippen molar-refractivity contribution in [3.8, 4) is 17.6 Å². The van der Waals surface area contributed by atoms with E-state index in [0.717, 1.165) is 11.1 Å². The van der Waals surface area contributed by atoms with Gasteiger partial charge >= 0.3 is 0 Å². The second-order valence-electron chi connectivity index (χ2n) is 4.99. The SMILES string of the molecule is COc1ccc2nc(C(=O)C#Cc3cc(Cl)cc(Cl)c3)ccc2c1. The molecule has 0 aliphatic heterocycles. The number of carbonyl (C=O) groups excluding carboxylic acids is 1. The molecule has 3 nitrogen and oxygen atoms in total. The Balaban J connectivity index is 1.90. The number of aromatic nitrogens is 1. The Kier molecular flexibility index (Phi) is 4.71. The molecule has 0 fully saturated rings. The first kappa shape index (κ1) is 16.3. The van der Waals surface area contributed by atoms with E-state index in [4.69, 9.17) is 27.9 Å². The third-order valence-electron chi connectivity index (χ3n) is 3.31. The Labute approximate surface area is 149 Å². The van der Waals surface area contributed by atoms with Crippen LogP contribution in [0.25, 0.3) is 10.9 Å². The Morgan fingerprint density at radius 2 is 1.79 bits per heavy atom. The lowest BCUT2D eigenvalue weighted by Crippen LogP contribution is -1.99. The summed E-state index contributed by atoms with van der Waals surface area (Å²) >= 11 is 11.8. The van der Waals surface area contributed by atoms with Gasteiger partial charge in [0.25, 0.3) is 5.78 Å². The van der Waals surface area contributed by atoms with E-state index >= 15 is 0 Å². The Bertz CT molecular complexity index is 983. The van der Waals surface area contributed by atoms with Gasteiger partial charge in [-0.1, -0.05) is 35.2 Å². The summed E-state index contributed by atoms with van der Waals surface area (Å²) in [4.78, 5) is 16.6. The number of carbonyl (C=O) groups is 1. The van der Waals surface area contributed by atoms with Gasteiger partial charge in [-0.2, -0.15) is 0 Å². The zero-order valence-corrected chi connectivity index (χ0v) is 14.2. The van der Waals surface area contributed by atoms with E-state index < -0.39 is 0 Å². The van der Waals surface area contributed by atoms with Crippen molar-refractivity contribution < 1.29 is 9.53 Å². The summed E-state index contributed by atoms with van der Waals surface area (Å²) in [5.74, 6) is 5.69. The van der Waals surface area contributed by atoms with Crippen LogP contribution in [-0.4, -0.2) is 17.9 Å². The van der Waals surface area contributed by atoms with Gasteiger partial charge < -0.3 is 4.74 Å². The van der Waals surface area contributed by atoms with E-state index in [1.807, 2.05) is 12.1 Å². The average Bonchev–Trinajstić information content (AvgIpc) is 2.58. The fourth-order valence-electron chi connectivity index (χ4n) is 2.18. The van der Waals surface area contributed by atoms with Crippen LogP contribution in [0.4, 0.5) is 0 Å². The smallest absolute Gasteiger partial charge is 0.254 e. The van der Waals surface area contributed by atoms with Crippen molar-refractivity contribution in [3.63, 3.8) is 0 Å². The van der Waals surface area contributed by atoms with Crippen molar-refractivity contribution in [1.29, 1.82) is 0 Å². The normalized spacial score (nSPS) is 10.1. The molecule has 3 rings (SSSR count). The fraction of sp³-hybridized carbons (Fsp3) is 0.0526. The van der Waals surface area contributed by atoms with Crippen molar-refractivity contribution in [2.75, 3.05) is 7.11 Å². The highest BCUT2D eigenvalue weighted by atomic mass is 35.5. The lowest BCUT2D eigenvalue weighted by molar-refractivity contribution is 0.105. The number of methoxy groups -OCH3 is 1. The molecule has 0 aliphatic carbocycles. The number of rotatable bonds is 2. The van der Waals surface area contributed by atoms with Crippen LogP contribution in [0.5, 0.6) is 5.75 Å². The van der Waals surface area contributed by atoms with Crippen LogP contribution in [0, 0.1) is 11.8 Å².